The van der Waals surface area contributed by atoms with Crippen LogP contribution in [0.5, 0.6) is 0 Å². The zero-order valence-corrected chi connectivity index (χ0v) is 13.3. The fourth-order valence-corrected chi connectivity index (χ4v) is 2.69. The SMILES string of the molecule is C=Cc1ccnc(-c2ccc3c(c2)ncn3-c2ccc(C)cc2)n1. The van der Waals surface area contributed by atoms with Gasteiger partial charge in [0.2, 0.25) is 0 Å². The summed E-state index contributed by atoms with van der Waals surface area (Å²) in [7, 11) is 0. The van der Waals surface area contributed by atoms with Gasteiger partial charge in [0.1, 0.15) is 6.33 Å². The van der Waals surface area contributed by atoms with Gasteiger partial charge in [0.15, 0.2) is 5.82 Å². The predicted octanol–water partition coefficient (Wildman–Crippen LogP) is 4.43. The van der Waals surface area contributed by atoms with Gasteiger partial charge < -0.3 is 0 Å². The van der Waals surface area contributed by atoms with E-state index in [1.54, 1.807) is 12.3 Å². The molecule has 0 saturated heterocycles. The van der Waals surface area contributed by atoms with Crippen LogP contribution >= 0.6 is 0 Å². The summed E-state index contributed by atoms with van der Waals surface area (Å²) in [6.07, 6.45) is 5.31. The van der Waals surface area contributed by atoms with Gasteiger partial charge in [-0.25, -0.2) is 15.0 Å². The highest BCUT2D eigenvalue weighted by atomic mass is 15.0. The second kappa shape index (κ2) is 5.74. The van der Waals surface area contributed by atoms with Gasteiger partial charge >= 0.3 is 0 Å². The first kappa shape index (κ1) is 14.3. The highest BCUT2D eigenvalue weighted by Gasteiger charge is 2.08. The number of aromatic nitrogens is 4. The first-order valence-corrected chi connectivity index (χ1v) is 7.74. The summed E-state index contributed by atoms with van der Waals surface area (Å²) in [6, 6.07) is 16.3. The van der Waals surface area contributed by atoms with Crippen molar-refractivity contribution in [2.45, 2.75) is 6.92 Å². The Kier molecular flexibility index (Phi) is 3.43. The van der Waals surface area contributed by atoms with Gasteiger partial charge in [-0.1, -0.05) is 24.3 Å². The van der Waals surface area contributed by atoms with E-state index >= 15 is 0 Å². The molecule has 2 aromatic heterocycles. The molecule has 2 heterocycles. The van der Waals surface area contributed by atoms with Crippen molar-refractivity contribution in [3.8, 4) is 17.1 Å². The van der Waals surface area contributed by atoms with Crippen LogP contribution in [-0.4, -0.2) is 19.5 Å². The van der Waals surface area contributed by atoms with Gasteiger partial charge in [-0.05, 0) is 49.4 Å². The molecule has 0 spiro atoms. The maximum atomic E-state index is 4.53. The highest BCUT2D eigenvalue weighted by Crippen LogP contribution is 2.24. The molecule has 24 heavy (non-hydrogen) atoms. The van der Waals surface area contributed by atoms with Crippen LogP contribution in [0, 0.1) is 6.92 Å². The Labute approximate surface area is 140 Å². The average Bonchev–Trinajstić information content (AvgIpc) is 3.05. The van der Waals surface area contributed by atoms with E-state index in [2.05, 4.69) is 63.4 Å². The lowest BCUT2D eigenvalue weighted by molar-refractivity contribution is 1.09. The van der Waals surface area contributed by atoms with Crippen LogP contribution in [0.25, 0.3) is 34.2 Å². The van der Waals surface area contributed by atoms with Crippen LogP contribution < -0.4 is 0 Å². The second-order valence-electron chi connectivity index (χ2n) is 5.66. The Bertz CT molecular complexity index is 1030. The quantitative estimate of drug-likeness (QED) is 0.562. The van der Waals surface area contributed by atoms with Gasteiger partial charge in [-0.3, -0.25) is 4.57 Å². The number of imidazole rings is 1. The summed E-state index contributed by atoms with van der Waals surface area (Å²) in [4.78, 5) is 13.4. The molecule has 0 amide bonds. The molecule has 0 saturated carbocycles. The Morgan fingerprint density at radius 2 is 1.83 bits per heavy atom. The molecule has 0 aliphatic heterocycles. The highest BCUT2D eigenvalue weighted by molar-refractivity contribution is 5.82. The first-order chi connectivity index (χ1) is 11.7. The van der Waals surface area contributed by atoms with E-state index in [1.807, 2.05) is 24.5 Å². The Morgan fingerprint density at radius 1 is 1.00 bits per heavy atom. The molecule has 0 unspecified atom stereocenters. The molecule has 116 valence electrons. The van der Waals surface area contributed by atoms with Gasteiger partial charge in [0.05, 0.1) is 16.7 Å². The van der Waals surface area contributed by atoms with Crippen molar-refractivity contribution in [2.24, 2.45) is 0 Å². The largest absolute Gasteiger partial charge is 0.299 e. The minimum atomic E-state index is 0.680. The summed E-state index contributed by atoms with van der Waals surface area (Å²) in [5.74, 6) is 0.680. The third kappa shape index (κ3) is 2.48. The van der Waals surface area contributed by atoms with Crippen molar-refractivity contribution < 1.29 is 0 Å². The van der Waals surface area contributed by atoms with E-state index in [0.717, 1.165) is 28.0 Å². The summed E-state index contributed by atoms with van der Waals surface area (Å²) in [5.41, 5.74) is 6.07. The second-order valence-corrected chi connectivity index (χ2v) is 5.66. The Balaban J connectivity index is 1.80. The van der Waals surface area contributed by atoms with Gasteiger partial charge in [0, 0.05) is 17.4 Å². The van der Waals surface area contributed by atoms with Gasteiger partial charge in [-0.15, -0.1) is 0 Å². The molecule has 0 aliphatic rings. The summed E-state index contributed by atoms with van der Waals surface area (Å²) < 4.78 is 2.08. The van der Waals surface area contributed by atoms with E-state index < -0.39 is 0 Å². The molecule has 0 bridgehead atoms. The van der Waals surface area contributed by atoms with Crippen LogP contribution in [0.4, 0.5) is 0 Å². The molecule has 0 radical (unpaired) electrons. The van der Waals surface area contributed by atoms with Crippen molar-refractivity contribution >= 4 is 17.1 Å². The molecule has 0 N–H and O–H groups in total. The van der Waals surface area contributed by atoms with Crippen molar-refractivity contribution in [3.05, 3.63) is 78.9 Å². The molecule has 4 rings (SSSR count). The maximum Gasteiger partial charge on any atom is 0.159 e. The number of hydrogen-bond donors (Lipinski definition) is 0. The number of fused-ring (bicyclic) bond motifs is 1. The summed E-state index contributed by atoms with van der Waals surface area (Å²) in [6.45, 7) is 5.84. The molecule has 0 aliphatic carbocycles. The van der Waals surface area contributed by atoms with E-state index in [1.165, 1.54) is 5.56 Å². The van der Waals surface area contributed by atoms with Crippen LogP contribution in [0.3, 0.4) is 0 Å². The van der Waals surface area contributed by atoms with Crippen molar-refractivity contribution in [3.63, 3.8) is 0 Å². The summed E-state index contributed by atoms with van der Waals surface area (Å²) in [5, 5.41) is 0. The number of benzene rings is 2. The molecule has 4 heteroatoms. The standard InChI is InChI=1S/C20H16N4/c1-3-16-10-11-21-20(23-16)15-6-9-19-18(12-15)22-13-24(19)17-7-4-14(2)5-8-17/h3-13H,1H2,2H3. The predicted molar refractivity (Wildman–Crippen MR) is 96.9 cm³/mol. The van der Waals surface area contributed by atoms with E-state index in [-0.39, 0.29) is 0 Å². The Morgan fingerprint density at radius 3 is 2.62 bits per heavy atom. The molecular formula is C20H16N4. The van der Waals surface area contributed by atoms with E-state index in [0.29, 0.717) is 5.82 Å². The lowest BCUT2D eigenvalue weighted by atomic mass is 10.1. The van der Waals surface area contributed by atoms with Crippen LogP contribution in [0.2, 0.25) is 0 Å². The molecule has 0 atom stereocenters. The Hall–Kier alpha value is -3.27. The zero-order chi connectivity index (χ0) is 16.5. The van der Waals surface area contributed by atoms with Crippen LogP contribution in [-0.2, 0) is 0 Å². The lowest BCUT2D eigenvalue weighted by Crippen LogP contribution is -1.93. The monoisotopic (exact) mass is 312 g/mol. The molecule has 4 nitrogen and oxygen atoms in total. The minimum Gasteiger partial charge on any atom is -0.299 e. The van der Waals surface area contributed by atoms with Crippen molar-refractivity contribution in [2.75, 3.05) is 0 Å². The smallest absolute Gasteiger partial charge is 0.159 e. The third-order valence-corrected chi connectivity index (χ3v) is 4.00. The van der Waals surface area contributed by atoms with Crippen molar-refractivity contribution in [1.29, 1.82) is 0 Å². The first-order valence-electron chi connectivity index (χ1n) is 7.74. The van der Waals surface area contributed by atoms with E-state index in [4.69, 9.17) is 0 Å². The lowest BCUT2D eigenvalue weighted by Gasteiger charge is -2.05. The van der Waals surface area contributed by atoms with Crippen LogP contribution in [0.1, 0.15) is 11.3 Å². The fraction of sp³-hybridized carbons (Fsp3) is 0.0500. The maximum absolute atomic E-state index is 4.53. The number of aryl methyl sites for hydroxylation is 1. The zero-order valence-electron chi connectivity index (χ0n) is 13.3. The minimum absolute atomic E-state index is 0.680. The molecular weight excluding hydrogens is 296 g/mol. The third-order valence-electron chi connectivity index (χ3n) is 4.00. The van der Waals surface area contributed by atoms with Gasteiger partial charge in [0.25, 0.3) is 0 Å². The molecule has 4 aromatic rings. The molecule has 2 aromatic carbocycles. The number of nitrogens with zero attached hydrogens (tertiary/aromatic N) is 4. The fourth-order valence-electron chi connectivity index (χ4n) is 2.69. The number of hydrogen-bond acceptors (Lipinski definition) is 3. The summed E-state index contributed by atoms with van der Waals surface area (Å²) >= 11 is 0. The normalized spacial score (nSPS) is 10.9. The number of rotatable bonds is 3. The average molecular weight is 312 g/mol. The van der Waals surface area contributed by atoms with Crippen molar-refractivity contribution in [1.82, 2.24) is 19.5 Å². The molecule has 0 fully saturated rings. The van der Waals surface area contributed by atoms with Gasteiger partial charge in [-0.2, -0.15) is 0 Å². The van der Waals surface area contributed by atoms with E-state index in [9.17, 15) is 0 Å². The van der Waals surface area contributed by atoms with Crippen LogP contribution in [0.15, 0.2) is 67.6 Å². The topological polar surface area (TPSA) is 43.6 Å².